The molecule has 0 saturated heterocycles. The molecular formula is C75H144O5. The van der Waals surface area contributed by atoms with Gasteiger partial charge in [-0.1, -0.05) is 372 Å². The van der Waals surface area contributed by atoms with Crippen molar-refractivity contribution in [2.24, 2.45) is 0 Å². The van der Waals surface area contributed by atoms with Gasteiger partial charge in [-0.15, -0.1) is 0 Å². The first-order valence-electron chi connectivity index (χ1n) is 36.9. The third-order valence-corrected chi connectivity index (χ3v) is 17.2. The minimum Gasteiger partial charge on any atom is -0.462 e. The van der Waals surface area contributed by atoms with Crippen molar-refractivity contribution in [3.05, 3.63) is 24.3 Å². The van der Waals surface area contributed by atoms with Crippen LogP contribution in [0.2, 0.25) is 0 Å². The van der Waals surface area contributed by atoms with Crippen LogP contribution in [0.15, 0.2) is 24.3 Å². The number of aliphatic hydroxyl groups excluding tert-OH is 1. The van der Waals surface area contributed by atoms with Crippen LogP contribution in [0.4, 0.5) is 0 Å². The van der Waals surface area contributed by atoms with Gasteiger partial charge in [-0.3, -0.25) is 9.59 Å². The molecule has 0 aliphatic heterocycles. The zero-order chi connectivity index (χ0) is 57.6. The number of rotatable bonds is 70. The fraction of sp³-hybridized carbons (Fsp3) is 0.920. The van der Waals surface area contributed by atoms with Gasteiger partial charge in [-0.25, -0.2) is 0 Å². The van der Waals surface area contributed by atoms with Crippen LogP contribution in [0.3, 0.4) is 0 Å². The summed E-state index contributed by atoms with van der Waals surface area (Å²) in [5, 5.41) is 9.71. The van der Waals surface area contributed by atoms with Crippen LogP contribution in [-0.2, 0) is 19.1 Å². The van der Waals surface area contributed by atoms with Crippen molar-refractivity contribution in [2.45, 2.75) is 431 Å². The number of esters is 2. The minimum atomic E-state index is -0.769. The van der Waals surface area contributed by atoms with Crippen LogP contribution in [-0.4, -0.2) is 36.4 Å². The summed E-state index contributed by atoms with van der Waals surface area (Å²) in [7, 11) is 0. The van der Waals surface area contributed by atoms with Gasteiger partial charge in [0.1, 0.15) is 6.61 Å². The lowest BCUT2D eigenvalue weighted by atomic mass is 10.0. The van der Waals surface area contributed by atoms with Crippen LogP contribution in [0.5, 0.6) is 0 Å². The van der Waals surface area contributed by atoms with Crippen molar-refractivity contribution in [3.63, 3.8) is 0 Å². The maximum Gasteiger partial charge on any atom is 0.306 e. The lowest BCUT2D eigenvalue weighted by molar-refractivity contribution is -0.161. The number of allylic oxidation sites excluding steroid dienone is 4. The largest absolute Gasteiger partial charge is 0.462 e. The summed E-state index contributed by atoms with van der Waals surface area (Å²) in [6.45, 7) is 4.21. The molecule has 0 aromatic carbocycles. The van der Waals surface area contributed by atoms with Crippen molar-refractivity contribution in [1.82, 2.24) is 0 Å². The molecule has 0 bridgehead atoms. The van der Waals surface area contributed by atoms with Crippen LogP contribution in [0.25, 0.3) is 0 Å². The molecule has 474 valence electrons. The van der Waals surface area contributed by atoms with E-state index in [0.717, 1.165) is 32.1 Å². The first-order valence-corrected chi connectivity index (χ1v) is 36.9. The Morgan fingerprint density at radius 1 is 0.275 bits per heavy atom. The summed E-state index contributed by atoms with van der Waals surface area (Å²) in [4.78, 5) is 24.7. The maximum atomic E-state index is 12.4. The first-order chi connectivity index (χ1) is 39.6. The van der Waals surface area contributed by atoms with Gasteiger partial charge >= 0.3 is 11.9 Å². The van der Waals surface area contributed by atoms with Crippen molar-refractivity contribution in [3.8, 4) is 0 Å². The summed E-state index contributed by atoms with van der Waals surface area (Å²) < 4.78 is 10.8. The third kappa shape index (κ3) is 68.9. The number of aliphatic hydroxyl groups is 1. The number of carbonyl (C=O) groups is 2. The van der Waals surface area contributed by atoms with E-state index in [1.54, 1.807) is 0 Å². The van der Waals surface area contributed by atoms with Gasteiger partial charge in [-0.05, 0) is 64.2 Å². The van der Waals surface area contributed by atoms with Crippen LogP contribution in [0, 0.1) is 0 Å². The van der Waals surface area contributed by atoms with Crippen molar-refractivity contribution in [2.75, 3.05) is 13.2 Å². The summed E-state index contributed by atoms with van der Waals surface area (Å²) in [5.74, 6) is -0.563. The predicted octanol–water partition coefficient (Wildman–Crippen LogP) is 25.6. The van der Waals surface area contributed by atoms with Gasteiger partial charge in [0.05, 0.1) is 6.61 Å². The quantitative estimate of drug-likeness (QED) is 0.0373. The molecule has 0 spiro atoms. The molecular weight excluding hydrogens is 981 g/mol. The molecule has 0 rings (SSSR count). The van der Waals surface area contributed by atoms with Crippen molar-refractivity contribution < 1.29 is 24.2 Å². The summed E-state index contributed by atoms with van der Waals surface area (Å²) >= 11 is 0. The Balaban J connectivity index is 3.36. The molecule has 0 amide bonds. The molecule has 0 aromatic heterocycles. The Bertz CT molecular complexity index is 1230. The fourth-order valence-corrected chi connectivity index (χ4v) is 11.7. The van der Waals surface area contributed by atoms with Gasteiger partial charge in [0, 0.05) is 12.8 Å². The highest BCUT2D eigenvalue weighted by Crippen LogP contribution is 2.19. The third-order valence-electron chi connectivity index (χ3n) is 17.2. The average Bonchev–Trinajstić information content (AvgIpc) is 3.46. The van der Waals surface area contributed by atoms with E-state index in [1.165, 1.54) is 366 Å². The van der Waals surface area contributed by atoms with Gasteiger partial charge in [0.25, 0.3) is 0 Å². The molecule has 0 aliphatic carbocycles. The molecule has 5 nitrogen and oxygen atoms in total. The molecule has 5 heteroatoms. The second-order valence-electron chi connectivity index (χ2n) is 25.4. The predicted molar refractivity (Wildman–Crippen MR) is 353 cm³/mol. The van der Waals surface area contributed by atoms with Gasteiger partial charge < -0.3 is 14.6 Å². The SMILES string of the molecule is CCCCCCCCCC/C=C\CCCCCCCCCCCCCCCCCCCCCCCCCCCCCC(=O)OC(CO)COC(=O)CCCCCCCCCCCCCCCCC/C=C\CCCCCCCCCC. The Labute approximate surface area is 502 Å². The lowest BCUT2D eigenvalue weighted by Gasteiger charge is -2.15. The van der Waals surface area contributed by atoms with E-state index in [4.69, 9.17) is 9.47 Å². The highest BCUT2D eigenvalue weighted by molar-refractivity contribution is 5.70. The molecule has 0 radical (unpaired) electrons. The number of unbranched alkanes of at least 4 members (excludes halogenated alkanes) is 58. The molecule has 1 atom stereocenters. The second-order valence-corrected chi connectivity index (χ2v) is 25.4. The number of hydrogen-bond acceptors (Lipinski definition) is 5. The Kier molecular flexibility index (Phi) is 70.2. The molecule has 0 fully saturated rings. The summed E-state index contributed by atoms with van der Waals surface area (Å²) in [5.41, 5.74) is 0. The smallest absolute Gasteiger partial charge is 0.306 e. The number of hydrogen-bond donors (Lipinski definition) is 1. The van der Waals surface area contributed by atoms with E-state index in [9.17, 15) is 14.7 Å². The zero-order valence-electron chi connectivity index (χ0n) is 54.6. The second kappa shape index (κ2) is 71.6. The Morgan fingerprint density at radius 3 is 0.675 bits per heavy atom. The molecule has 0 aliphatic rings. The van der Waals surface area contributed by atoms with Crippen LogP contribution >= 0.6 is 0 Å². The molecule has 80 heavy (non-hydrogen) atoms. The summed E-state index contributed by atoms with van der Waals surface area (Å²) in [6.07, 6.45) is 93.9. The minimum absolute atomic E-state index is 0.0582. The van der Waals surface area contributed by atoms with Gasteiger partial charge in [0.15, 0.2) is 6.10 Å². The maximum absolute atomic E-state index is 12.4. The highest BCUT2D eigenvalue weighted by atomic mass is 16.6. The van der Waals surface area contributed by atoms with Gasteiger partial charge in [-0.2, -0.15) is 0 Å². The topological polar surface area (TPSA) is 72.8 Å². The van der Waals surface area contributed by atoms with E-state index < -0.39 is 6.10 Å². The summed E-state index contributed by atoms with van der Waals surface area (Å²) in [6, 6.07) is 0. The average molecular weight is 1130 g/mol. The van der Waals surface area contributed by atoms with E-state index in [0.29, 0.717) is 12.8 Å². The zero-order valence-corrected chi connectivity index (χ0v) is 54.6. The molecule has 0 heterocycles. The Hall–Kier alpha value is -1.62. The van der Waals surface area contributed by atoms with E-state index >= 15 is 0 Å². The van der Waals surface area contributed by atoms with E-state index in [2.05, 4.69) is 38.2 Å². The van der Waals surface area contributed by atoms with Crippen LogP contribution < -0.4 is 0 Å². The Morgan fingerprint density at radius 2 is 0.463 bits per heavy atom. The van der Waals surface area contributed by atoms with Crippen molar-refractivity contribution >= 4 is 11.9 Å². The fourth-order valence-electron chi connectivity index (χ4n) is 11.7. The van der Waals surface area contributed by atoms with Crippen molar-refractivity contribution in [1.29, 1.82) is 0 Å². The molecule has 0 aromatic rings. The highest BCUT2D eigenvalue weighted by Gasteiger charge is 2.16. The van der Waals surface area contributed by atoms with Gasteiger partial charge in [0.2, 0.25) is 0 Å². The monoisotopic (exact) mass is 1130 g/mol. The number of ether oxygens (including phenoxy) is 2. The standard InChI is InChI=1S/C75H144O5/c1-3-5-7-9-11-13-15-17-19-21-23-25-27-29-31-32-33-34-35-36-37-38-39-40-41-42-44-46-48-50-52-54-56-58-60-62-64-66-68-70-75(78)80-73(71-76)72-79-74(77)69-67-65-63-61-59-57-55-53-51-49-47-45-43-30-28-26-24-22-20-18-16-14-12-10-8-6-4-2/h21-24,73,76H,3-20,25-72H2,1-2H3/b23-21-,24-22-. The lowest BCUT2D eigenvalue weighted by Crippen LogP contribution is -2.28. The number of carbonyl (C=O) groups excluding carboxylic acids is 2. The van der Waals surface area contributed by atoms with E-state index in [1.807, 2.05) is 0 Å². The molecule has 0 saturated carbocycles. The van der Waals surface area contributed by atoms with E-state index in [-0.39, 0.29) is 25.2 Å². The molecule has 1 N–H and O–H groups in total. The normalized spacial score (nSPS) is 12.2. The first kappa shape index (κ1) is 78.4. The molecule has 1 unspecified atom stereocenters. The van der Waals surface area contributed by atoms with Crippen LogP contribution in [0.1, 0.15) is 425 Å².